The van der Waals surface area contributed by atoms with Crippen LogP contribution in [0.25, 0.3) is 0 Å². The normalized spacial score (nSPS) is 29.4. The van der Waals surface area contributed by atoms with Gasteiger partial charge in [0.05, 0.1) is 17.5 Å². The second-order valence-electron chi connectivity index (χ2n) is 2.28. The molecule has 1 fully saturated rings. The SMILES string of the molecule is O=C=N[C@H]1CCS(=O)(=O)C1. The molecular weight excluding hydrogens is 154 g/mol. The second kappa shape index (κ2) is 2.52. The largest absolute Gasteiger partial charge is 0.235 e. The molecule has 0 radical (unpaired) electrons. The van der Waals surface area contributed by atoms with E-state index in [1.54, 1.807) is 0 Å². The Labute approximate surface area is 58.9 Å². The minimum atomic E-state index is -2.89. The van der Waals surface area contributed by atoms with E-state index in [-0.39, 0.29) is 17.5 Å². The van der Waals surface area contributed by atoms with Gasteiger partial charge >= 0.3 is 0 Å². The van der Waals surface area contributed by atoms with Gasteiger partial charge in [-0.15, -0.1) is 0 Å². The zero-order valence-corrected chi connectivity index (χ0v) is 6.10. The van der Waals surface area contributed by atoms with Crippen LogP contribution in [0.5, 0.6) is 0 Å². The fourth-order valence-corrected chi connectivity index (χ4v) is 2.58. The van der Waals surface area contributed by atoms with Gasteiger partial charge in [-0.3, -0.25) is 0 Å². The summed E-state index contributed by atoms with van der Waals surface area (Å²) in [6.07, 6.45) is 1.83. The molecule has 0 aromatic heterocycles. The maximum atomic E-state index is 10.7. The monoisotopic (exact) mass is 161 g/mol. The van der Waals surface area contributed by atoms with Gasteiger partial charge in [-0.25, -0.2) is 18.2 Å². The van der Waals surface area contributed by atoms with Gasteiger partial charge in [-0.1, -0.05) is 0 Å². The average molecular weight is 161 g/mol. The molecule has 1 atom stereocenters. The van der Waals surface area contributed by atoms with Crippen LogP contribution in [0.4, 0.5) is 0 Å². The Kier molecular flexibility index (Phi) is 1.87. The van der Waals surface area contributed by atoms with Crippen molar-refractivity contribution in [2.24, 2.45) is 4.99 Å². The van der Waals surface area contributed by atoms with E-state index in [0.29, 0.717) is 6.42 Å². The van der Waals surface area contributed by atoms with Gasteiger partial charge in [0.15, 0.2) is 9.84 Å². The molecule has 1 saturated heterocycles. The first kappa shape index (κ1) is 7.44. The first-order valence-electron chi connectivity index (χ1n) is 2.91. The van der Waals surface area contributed by atoms with Gasteiger partial charge < -0.3 is 0 Å². The Morgan fingerprint density at radius 3 is 2.60 bits per heavy atom. The predicted octanol–water partition coefficient (Wildman–Crippen LogP) is -0.491. The first-order chi connectivity index (χ1) is 4.64. The number of hydrogen-bond donors (Lipinski definition) is 0. The van der Waals surface area contributed by atoms with Crippen LogP contribution < -0.4 is 0 Å². The summed E-state index contributed by atoms with van der Waals surface area (Å²) in [5, 5.41) is 0. The maximum absolute atomic E-state index is 10.7. The zero-order chi connectivity index (χ0) is 7.61. The van der Waals surface area contributed by atoms with E-state index in [2.05, 4.69) is 4.99 Å². The molecule has 1 rings (SSSR count). The Bertz CT molecular complexity index is 263. The molecule has 0 aliphatic carbocycles. The van der Waals surface area contributed by atoms with Gasteiger partial charge in [0, 0.05) is 0 Å². The lowest BCUT2D eigenvalue weighted by atomic mass is 10.3. The summed E-state index contributed by atoms with van der Waals surface area (Å²) in [4.78, 5) is 13.0. The van der Waals surface area contributed by atoms with Gasteiger partial charge in [0.25, 0.3) is 0 Å². The van der Waals surface area contributed by atoms with E-state index in [1.807, 2.05) is 0 Å². The lowest BCUT2D eigenvalue weighted by Gasteiger charge is -1.91. The summed E-state index contributed by atoms with van der Waals surface area (Å²) in [6, 6.07) is -0.331. The number of nitrogens with zero attached hydrogens (tertiary/aromatic N) is 1. The van der Waals surface area contributed by atoms with Crippen LogP contribution in [-0.4, -0.2) is 32.0 Å². The minimum Gasteiger partial charge on any atom is -0.229 e. The molecule has 0 saturated carbocycles. The Balaban J connectivity index is 2.68. The maximum Gasteiger partial charge on any atom is 0.235 e. The van der Waals surface area contributed by atoms with Crippen molar-refractivity contribution in [2.45, 2.75) is 12.5 Å². The van der Waals surface area contributed by atoms with Crippen LogP contribution in [0, 0.1) is 0 Å². The first-order valence-corrected chi connectivity index (χ1v) is 4.73. The van der Waals surface area contributed by atoms with Crippen molar-refractivity contribution in [3.63, 3.8) is 0 Å². The second-order valence-corrected chi connectivity index (χ2v) is 4.51. The number of rotatable bonds is 1. The summed E-state index contributed by atoms with van der Waals surface area (Å²) in [5.74, 6) is 0.172. The number of aliphatic imine (C=N–C) groups is 1. The molecule has 56 valence electrons. The smallest absolute Gasteiger partial charge is 0.229 e. The number of carbonyl (C=O) groups excluding carboxylic acids is 1. The highest BCUT2D eigenvalue weighted by atomic mass is 32.2. The molecule has 5 heteroatoms. The standard InChI is InChI=1S/C5H7NO3S/c7-4-6-5-1-2-10(8,9)3-5/h5H,1-3H2/t5-/m0/s1. The lowest BCUT2D eigenvalue weighted by molar-refractivity contribution is 0.558. The average Bonchev–Trinajstić information content (AvgIpc) is 2.12. The third kappa shape index (κ3) is 1.65. The summed E-state index contributed by atoms with van der Waals surface area (Å²) in [5.41, 5.74) is 0. The van der Waals surface area contributed by atoms with Crippen molar-refractivity contribution in [1.82, 2.24) is 0 Å². The van der Waals surface area contributed by atoms with Crippen molar-refractivity contribution >= 4 is 15.9 Å². The van der Waals surface area contributed by atoms with Crippen LogP contribution in [0.1, 0.15) is 6.42 Å². The number of isocyanates is 1. The molecule has 10 heavy (non-hydrogen) atoms. The molecule has 0 N–H and O–H groups in total. The van der Waals surface area contributed by atoms with E-state index >= 15 is 0 Å². The van der Waals surface area contributed by atoms with Crippen LogP contribution in [-0.2, 0) is 14.6 Å². The number of hydrogen-bond acceptors (Lipinski definition) is 4. The van der Waals surface area contributed by atoms with Crippen molar-refractivity contribution in [2.75, 3.05) is 11.5 Å². The molecule has 0 aromatic carbocycles. The third-order valence-corrected chi connectivity index (χ3v) is 3.19. The molecule has 0 spiro atoms. The van der Waals surface area contributed by atoms with Gasteiger partial charge in [0.2, 0.25) is 6.08 Å². The van der Waals surface area contributed by atoms with E-state index in [1.165, 1.54) is 6.08 Å². The topological polar surface area (TPSA) is 63.6 Å². The van der Waals surface area contributed by atoms with Gasteiger partial charge in [-0.2, -0.15) is 0 Å². The summed E-state index contributed by atoms with van der Waals surface area (Å²) >= 11 is 0. The molecule has 1 aliphatic heterocycles. The molecule has 1 aliphatic rings. The van der Waals surface area contributed by atoms with E-state index in [9.17, 15) is 13.2 Å². The van der Waals surface area contributed by atoms with Crippen LogP contribution in [0.2, 0.25) is 0 Å². The molecule has 0 unspecified atom stereocenters. The van der Waals surface area contributed by atoms with Crippen LogP contribution in [0.3, 0.4) is 0 Å². The Morgan fingerprint density at radius 2 is 2.20 bits per heavy atom. The highest BCUT2D eigenvalue weighted by Crippen LogP contribution is 2.13. The van der Waals surface area contributed by atoms with Crippen molar-refractivity contribution < 1.29 is 13.2 Å². The van der Waals surface area contributed by atoms with Crippen molar-refractivity contribution in [3.8, 4) is 0 Å². The zero-order valence-electron chi connectivity index (χ0n) is 5.28. The molecule has 1 heterocycles. The molecule has 4 nitrogen and oxygen atoms in total. The quantitative estimate of drug-likeness (QED) is 0.385. The van der Waals surface area contributed by atoms with Crippen molar-refractivity contribution in [3.05, 3.63) is 0 Å². The Morgan fingerprint density at radius 1 is 1.50 bits per heavy atom. The Hall–Kier alpha value is -0.670. The lowest BCUT2D eigenvalue weighted by Crippen LogP contribution is -2.06. The minimum absolute atomic E-state index is 0.0161. The third-order valence-electron chi connectivity index (χ3n) is 1.44. The molecule has 0 amide bonds. The van der Waals surface area contributed by atoms with Crippen LogP contribution >= 0.6 is 0 Å². The molecular formula is C5H7NO3S. The molecule has 0 bridgehead atoms. The fourth-order valence-electron chi connectivity index (χ4n) is 0.952. The highest BCUT2D eigenvalue weighted by molar-refractivity contribution is 7.91. The molecule has 0 aromatic rings. The van der Waals surface area contributed by atoms with Crippen LogP contribution in [0.15, 0.2) is 4.99 Å². The highest BCUT2D eigenvalue weighted by Gasteiger charge is 2.27. The van der Waals surface area contributed by atoms with E-state index in [4.69, 9.17) is 0 Å². The van der Waals surface area contributed by atoms with Gasteiger partial charge in [-0.05, 0) is 6.42 Å². The summed E-state index contributed by atoms with van der Waals surface area (Å²) in [7, 11) is -2.89. The number of sulfone groups is 1. The van der Waals surface area contributed by atoms with E-state index < -0.39 is 9.84 Å². The summed E-state index contributed by atoms with van der Waals surface area (Å²) in [6.45, 7) is 0. The van der Waals surface area contributed by atoms with Crippen molar-refractivity contribution in [1.29, 1.82) is 0 Å². The van der Waals surface area contributed by atoms with E-state index in [0.717, 1.165) is 0 Å². The van der Waals surface area contributed by atoms with Gasteiger partial charge in [0.1, 0.15) is 0 Å². The fraction of sp³-hybridized carbons (Fsp3) is 0.800. The summed E-state index contributed by atoms with van der Waals surface area (Å²) < 4.78 is 21.5. The predicted molar refractivity (Wildman–Crippen MR) is 35.2 cm³/mol.